The summed E-state index contributed by atoms with van der Waals surface area (Å²) in [4.78, 5) is 4.27. The van der Waals surface area contributed by atoms with Crippen LogP contribution < -0.4 is 10.6 Å². The van der Waals surface area contributed by atoms with Gasteiger partial charge in [0.25, 0.3) is 0 Å². The molecule has 1 aromatic carbocycles. The maximum Gasteiger partial charge on any atom is 0.390 e. The van der Waals surface area contributed by atoms with E-state index in [-0.39, 0.29) is 30.5 Å². The molecule has 0 aliphatic heterocycles. The zero-order chi connectivity index (χ0) is 16.4. The van der Waals surface area contributed by atoms with Crippen LogP contribution in [0.1, 0.15) is 25.3 Å². The third kappa shape index (κ3) is 11.5. The molecule has 8 heteroatoms. The Labute approximate surface area is 157 Å². The van der Waals surface area contributed by atoms with E-state index in [1.54, 1.807) is 0 Å². The number of aryl methyl sites for hydroxylation is 1. The molecule has 132 valence electrons. The van der Waals surface area contributed by atoms with E-state index >= 15 is 0 Å². The summed E-state index contributed by atoms with van der Waals surface area (Å²) in [5, 5.41) is 6.31. The summed E-state index contributed by atoms with van der Waals surface area (Å²) >= 11 is 5.81. The lowest BCUT2D eigenvalue weighted by atomic mass is 10.1. The van der Waals surface area contributed by atoms with Gasteiger partial charge in [-0.3, -0.25) is 4.99 Å². The molecule has 0 aliphatic rings. The average molecular weight is 464 g/mol. The van der Waals surface area contributed by atoms with Gasteiger partial charge in [0.2, 0.25) is 0 Å². The normalized spacial score (nSPS) is 11.8. The number of guanidine groups is 1. The average Bonchev–Trinajstić information content (AvgIpc) is 2.44. The topological polar surface area (TPSA) is 36.4 Å². The van der Waals surface area contributed by atoms with Crippen molar-refractivity contribution in [2.45, 2.75) is 32.4 Å². The zero-order valence-corrected chi connectivity index (χ0v) is 16.0. The van der Waals surface area contributed by atoms with Crippen LogP contribution in [-0.4, -0.2) is 31.8 Å². The van der Waals surface area contributed by atoms with Gasteiger partial charge in [0.05, 0.1) is 6.42 Å². The number of aliphatic imine (C=N–C) groups is 1. The fourth-order valence-electron chi connectivity index (χ4n) is 1.79. The van der Waals surface area contributed by atoms with Crippen LogP contribution in [0.25, 0.3) is 0 Å². The molecular formula is C15H22ClF3IN3. The third-order valence-electron chi connectivity index (χ3n) is 2.85. The number of rotatable bonds is 7. The second kappa shape index (κ2) is 11.8. The Balaban J connectivity index is 0.00000484. The Kier molecular flexibility index (Phi) is 11.4. The van der Waals surface area contributed by atoms with Gasteiger partial charge in [-0.1, -0.05) is 23.7 Å². The molecule has 0 aliphatic carbocycles. The zero-order valence-electron chi connectivity index (χ0n) is 12.9. The number of benzene rings is 1. The van der Waals surface area contributed by atoms with Crippen LogP contribution in [0.2, 0.25) is 5.02 Å². The van der Waals surface area contributed by atoms with Gasteiger partial charge in [-0.15, -0.1) is 24.0 Å². The van der Waals surface area contributed by atoms with Crippen LogP contribution in [0.3, 0.4) is 0 Å². The Hall–Kier alpha value is -0.700. The number of hydrogen-bond acceptors (Lipinski definition) is 1. The molecule has 0 spiro atoms. The first-order valence-electron chi connectivity index (χ1n) is 7.24. The van der Waals surface area contributed by atoms with Crippen LogP contribution in [0, 0.1) is 0 Å². The van der Waals surface area contributed by atoms with E-state index in [1.165, 1.54) is 0 Å². The summed E-state index contributed by atoms with van der Waals surface area (Å²) in [5.41, 5.74) is 1.16. The highest BCUT2D eigenvalue weighted by atomic mass is 127. The molecule has 0 aromatic heterocycles. The van der Waals surface area contributed by atoms with Gasteiger partial charge < -0.3 is 10.6 Å². The summed E-state index contributed by atoms with van der Waals surface area (Å²) in [7, 11) is 0. The molecule has 0 unspecified atom stereocenters. The van der Waals surface area contributed by atoms with Crippen LogP contribution in [0.5, 0.6) is 0 Å². The minimum atomic E-state index is -4.15. The summed E-state index contributed by atoms with van der Waals surface area (Å²) in [6, 6.07) is 7.59. The van der Waals surface area contributed by atoms with Crippen LogP contribution >= 0.6 is 35.6 Å². The van der Waals surface area contributed by atoms with Crippen molar-refractivity contribution in [1.82, 2.24) is 10.6 Å². The number of hydrogen-bond donors (Lipinski definition) is 2. The van der Waals surface area contributed by atoms with Gasteiger partial charge in [-0.25, -0.2) is 0 Å². The summed E-state index contributed by atoms with van der Waals surface area (Å²) in [6.45, 7) is 2.85. The first-order chi connectivity index (χ1) is 10.4. The van der Waals surface area contributed by atoms with Crippen LogP contribution in [-0.2, 0) is 6.42 Å². The molecule has 0 heterocycles. The molecule has 0 fully saturated rings. The smallest absolute Gasteiger partial charge is 0.357 e. The van der Waals surface area contributed by atoms with Crippen LogP contribution in [0.15, 0.2) is 29.3 Å². The fourth-order valence-corrected chi connectivity index (χ4v) is 1.92. The number of nitrogens with zero attached hydrogens (tertiary/aromatic N) is 1. The second-order valence-electron chi connectivity index (χ2n) is 4.78. The van der Waals surface area contributed by atoms with Crippen LogP contribution in [0.4, 0.5) is 13.2 Å². The number of halogens is 5. The first kappa shape index (κ1) is 22.3. The highest BCUT2D eigenvalue weighted by Gasteiger charge is 2.26. The quantitative estimate of drug-likeness (QED) is 0.272. The van der Waals surface area contributed by atoms with Gasteiger partial charge in [0.15, 0.2) is 5.96 Å². The molecule has 0 amide bonds. The van der Waals surface area contributed by atoms with Crippen molar-refractivity contribution in [2.24, 2.45) is 4.99 Å². The van der Waals surface area contributed by atoms with Crippen molar-refractivity contribution in [3.63, 3.8) is 0 Å². The highest BCUT2D eigenvalue weighted by molar-refractivity contribution is 14.0. The SMILES string of the molecule is CCNC(=NCCCc1ccc(Cl)cc1)NCCC(F)(F)F.I. The minimum absolute atomic E-state index is 0. The molecular weight excluding hydrogens is 442 g/mol. The van der Waals surface area contributed by atoms with Gasteiger partial charge in [-0.05, 0) is 37.5 Å². The maximum absolute atomic E-state index is 12.1. The highest BCUT2D eigenvalue weighted by Crippen LogP contribution is 2.18. The lowest BCUT2D eigenvalue weighted by Crippen LogP contribution is -2.39. The lowest BCUT2D eigenvalue weighted by Gasteiger charge is -2.12. The van der Waals surface area contributed by atoms with E-state index in [1.807, 2.05) is 31.2 Å². The largest absolute Gasteiger partial charge is 0.390 e. The van der Waals surface area contributed by atoms with Crippen molar-refractivity contribution in [2.75, 3.05) is 19.6 Å². The Morgan fingerprint density at radius 3 is 2.39 bits per heavy atom. The molecule has 1 aromatic rings. The van der Waals surface area contributed by atoms with Crippen molar-refractivity contribution in [1.29, 1.82) is 0 Å². The van der Waals surface area contributed by atoms with E-state index in [4.69, 9.17) is 11.6 Å². The molecule has 0 radical (unpaired) electrons. The Morgan fingerprint density at radius 1 is 1.17 bits per heavy atom. The van der Waals surface area contributed by atoms with Crippen molar-refractivity contribution >= 4 is 41.5 Å². The molecule has 23 heavy (non-hydrogen) atoms. The molecule has 0 saturated heterocycles. The van der Waals surface area contributed by atoms with Gasteiger partial charge in [0, 0.05) is 24.7 Å². The molecule has 0 bridgehead atoms. The third-order valence-corrected chi connectivity index (χ3v) is 3.10. The second-order valence-corrected chi connectivity index (χ2v) is 5.22. The standard InChI is InChI=1S/C15H21ClF3N3.HI/c1-2-20-14(22-11-9-15(17,18)19)21-10-3-4-12-5-7-13(16)8-6-12;/h5-8H,2-4,9-11H2,1H3,(H2,20,21,22);1H. The van der Waals surface area contributed by atoms with Gasteiger partial charge in [-0.2, -0.15) is 13.2 Å². The predicted octanol–water partition coefficient (Wildman–Crippen LogP) is 4.40. The summed E-state index contributed by atoms with van der Waals surface area (Å²) in [6.07, 6.45) is -3.36. The minimum Gasteiger partial charge on any atom is -0.357 e. The van der Waals surface area contributed by atoms with Crippen molar-refractivity contribution < 1.29 is 13.2 Å². The molecule has 1 rings (SSSR count). The first-order valence-corrected chi connectivity index (χ1v) is 7.62. The Morgan fingerprint density at radius 2 is 1.83 bits per heavy atom. The van der Waals surface area contributed by atoms with E-state index in [0.29, 0.717) is 24.1 Å². The van der Waals surface area contributed by atoms with Crippen molar-refractivity contribution in [3.05, 3.63) is 34.9 Å². The van der Waals surface area contributed by atoms with Crippen molar-refractivity contribution in [3.8, 4) is 0 Å². The fraction of sp³-hybridized carbons (Fsp3) is 0.533. The van der Waals surface area contributed by atoms with Gasteiger partial charge >= 0.3 is 6.18 Å². The maximum atomic E-state index is 12.1. The molecule has 0 atom stereocenters. The molecule has 3 nitrogen and oxygen atoms in total. The predicted molar refractivity (Wildman–Crippen MR) is 99.8 cm³/mol. The van der Waals surface area contributed by atoms with E-state index in [9.17, 15) is 13.2 Å². The van der Waals surface area contributed by atoms with E-state index in [2.05, 4.69) is 15.6 Å². The lowest BCUT2D eigenvalue weighted by molar-refractivity contribution is -0.132. The van der Waals surface area contributed by atoms with E-state index < -0.39 is 12.6 Å². The Bertz CT molecular complexity index is 464. The molecule has 2 N–H and O–H groups in total. The van der Waals surface area contributed by atoms with E-state index in [0.717, 1.165) is 18.4 Å². The molecule has 0 saturated carbocycles. The van der Waals surface area contributed by atoms with Gasteiger partial charge in [0.1, 0.15) is 0 Å². The summed E-state index contributed by atoms with van der Waals surface area (Å²) in [5.74, 6) is 0.419. The monoisotopic (exact) mass is 463 g/mol. The summed E-state index contributed by atoms with van der Waals surface area (Å²) < 4.78 is 36.3. The number of alkyl halides is 3. The number of nitrogens with one attached hydrogen (secondary N) is 2.